The van der Waals surface area contributed by atoms with Gasteiger partial charge in [-0.1, -0.05) is 11.6 Å². The van der Waals surface area contributed by atoms with Gasteiger partial charge in [-0.2, -0.15) is 0 Å². The smallest absolute Gasteiger partial charge is 0.239 e. The first-order valence-corrected chi connectivity index (χ1v) is 8.25. The Bertz CT molecular complexity index is 611. The Kier molecular flexibility index (Phi) is 4.87. The number of rotatable bonds is 4. The summed E-state index contributed by atoms with van der Waals surface area (Å²) in [6, 6.07) is 3.40. The van der Waals surface area contributed by atoms with Crippen LogP contribution in [-0.2, 0) is 4.79 Å². The van der Waals surface area contributed by atoms with Crippen molar-refractivity contribution in [2.45, 2.75) is 0 Å². The molecule has 1 N–H and O–H groups in total. The van der Waals surface area contributed by atoms with E-state index in [4.69, 9.17) is 11.6 Å². The number of nitrogens with zero attached hydrogens (tertiary/aromatic N) is 4. The molecule has 1 fully saturated rings. The molecule has 1 saturated heterocycles. The molecule has 0 atom stereocenters. The fourth-order valence-electron chi connectivity index (χ4n) is 2.30. The van der Waals surface area contributed by atoms with Gasteiger partial charge in [-0.15, -0.1) is 11.3 Å². The fraction of sp³-hybridized carbons (Fsp3) is 0.357. The number of hydrogen-bond donors (Lipinski definition) is 1. The molecule has 0 aliphatic carbocycles. The summed E-state index contributed by atoms with van der Waals surface area (Å²) < 4.78 is 0. The standard InChI is InChI=1S/C14H16ClN5OS/c15-11-1-2-12(17-9-11)18-13(21)10-19-4-6-20(7-5-19)14-16-3-8-22-14/h1-3,8-9H,4-7,10H2,(H,17,18,21). The Hall–Kier alpha value is -1.70. The van der Waals surface area contributed by atoms with Crippen LogP contribution in [0, 0.1) is 0 Å². The van der Waals surface area contributed by atoms with Crippen LogP contribution in [0.5, 0.6) is 0 Å². The summed E-state index contributed by atoms with van der Waals surface area (Å²) in [7, 11) is 0. The van der Waals surface area contributed by atoms with Crippen molar-refractivity contribution in [1.82, 2.24) is 14.9 Å². The number of hydrogen-bond acceptors (Lipinski definition) is 6. The average Bonchev–Trinajstić information content (AvgIpc) is 3.05. The van der Waals surface area contributed by atoms with Crippen molar-refractivity contribution in [3.63, 3.8) is 0 Å². The minimum absolute atomic E-state index is 0.0579. The van der Waals surface area contributed by atoms with Crippen LogP contribution in [0.1, 0.15) is 0 Å². The van der Waals surface area contributed by atoms with E-state index in [1.165, 1.54) is 6.20 Å². The van der Waals surface area contributed by atoms with Crippen LogP contribution in [0.15, 0.2) is 29.9 Å². The van der Waals surface area contributed by atoms with Crippen LogP contribution >= 0.6 is 22.9 Å². The third-order valence-electron chi connectivity index (χ3n) is 3.42. The van der Waals surface area contributed by atoms with E-state index in [-0.39, 0.29) is 5.91 Å². The Labute approximate surface area is 137 Å². The lowest BCUT2D eigenvalue weighted by Crippen LogP contribution is -2.48. The number of carbonyl (C=O) groups excluding carboxylic acids is 1. The van der Waals surface area contributed by atoms with Gasteiger partial charge in [-0.05, 0) is 12.1 Å². The molecule has 116 valence electrons. The normalized spacial score (nSPS) is 15.8. The molecule has 6 nitrogen and oxygen atoms in total. The molecule has 22 heavy (non-hydrogen) atoms. The topological polar surface area (TPSA) is 61.4 Å². The zero-order chi connectivity index (χ0) is 15.4. The lowest BCUT2D eigenvalue weighted by molar-refractivity contribution is -0.117. The largest absolute Gasteiger partial charge is 0.346 e. The van der Waals surface area contributed by atoms with Gasteiger partial charge in [0.15, 0.2) is 5.13 Å². The van der Waals surface area contributed by atoms with Crippen LogP contribution < -0.4 is 10.2 Å². The second-order valence-electron chi connectivity index (χ2n) is 4.99. The number of thiazole rings is 1. The van der Waals surface area contributed by atoms with E-state index in [0.29, 0.717) is 17.4 Å². The molecule has 0 unspecified atom stereocenters. The van der Waals surface area contributed by atoms with E-state index in [1.807, 2.05) is 11.6 Å². The molecule has 0 aromatic carbocycles. The van der Waals surface area contributed by atoms with E-state index in [0.717, 1.165) is 31.3 Å². The molecule has 0 radical (unpaired) electrons. The molecule has 8 heteroatoms. The molecule has 1 aliphatic heterocycles. The molecule has 3 heterocycles. The summed E-state index contributed by atoms with van der Waals surface area (Å²) in [6.07, 6.45) is 3.34. The molecule has 0 bridgehead atoms. The Balaban J connectivity index is 1.46. The monoisotopic (exact) mass is 337 g/mol. The van der Waals surface area contributed by atoms with Gasteiger partial charge < -0.3 is 10.2 Å². The quantitative estimate of drug-likeness (QED) is 0.924. The number of anilines is 2. The number of aromatic nitrogens is 2. The molecule has 2 aromatic heterocycles. The number of amides is 1. The predicted octanol–water partition coefficient (Wildman–Crippen LogP) is 1.95. The third-order valence-corrected chi connectivity index (χ3v) is 4.48. The van der Waals surface area contributed by atoms with Gasteiger partial charge in [0.2, 0.25) is 5.91 Å². The van der Waals surface area contributed by atoms with Crippen LogP contribution in [0.3, 0.4) is 0 Å². The molecular weight excluding hydrogens is 322 g/mol. The van der Waals surface area contributed by atoms with Crippen LogP contribution in [0.2, 0.25) is 5.02 Å². The highest BCUT2D eigenvalue weighted by Gasteiger charge is 2.20. The molecule has 0 saturated carbocycles. The highest BCUT2D eigenvalue weighted by atomic mass is 35.5. The van der Waals surface area contributed by atoms with Crippen molar-refractivity contribution in [3.05, 3.63) is 34.9 Å². The highest BCUT2D eigenvalue weighted by molar-refractivity contribution is 7.13. The van der Waals surface area contributed by atoms with E-state index < -0.39 is 0 Å². The first kappa shape index (κ1) is 15.2. The van der Waals surface area contributed by atoms with Crippen molar-refractivity contribution in [1.29, 1.82) is 0 Å². The van der Waals surface area contributed by atoms with Crippen LogP contribution in [-0.4, -0.2) is 53.5 Å². The summed E-state index contributed by atoms with van der Waals surface area (Å²) in [5, 5.41) is 6.36. The maximum Gasteiger partial charge on any atom is 0.239 e. The molecule has 3 rings (SSSR count). The third kappa shape index (κ3) is 3.94. The SMILES string of the molecule is O=C(CN1CCN(c2nccs2)CC1)Nc1ccc(Cl)cn1. The number of halogens is 1. The predicted molar refractivity (Wildman–Crippen MR) is 88.6 cm³/mol. The van der Waals surface area contributed by atoms with Crippen LogP contribution in [0.4, 0.5) is 10.9 Å². The minimum atomic E-state index is -0.0579. The molecule has 2 aromatic rings. The van der Waals surface area contributed by atoms with Gasteiger partial charge in [0.25, 0.3) is 0 Å². The second kappa shape index (κ2) is 7.04. The highest BCUT2D eigenvalue weighted by Crippen LogP contribution is 2.18. The van der Waals surface area contributed by atoms with Crippen molar-refractivity contribution < 1.29 is 4.79 Å². The van der Waals surface area contributed by atoms with Crippen molar-refractivity contribution in [3.8, 4) is 0 Å². The van der Waals surface area contributed by atoms with Crippen molar-refractivity contribution >= 4 is 39.8 Å². The number of carbonyl (C=O) groups is 1. The summed E-state index contributed by atoms with van der Waals surface area (Å²) >= 11 is 7.41. The second-order valence-corrected chi connectivity index (χ2v) is 6.30. The lowest BCUT2D eigenvalue weighted by atomic mass is 10.3. The number of pyridine rings is 1. The van der Waals surface area contributed by atoms with Gasteiger partial charge in [0.05, 0.1) is 11.6 Å². The minimum Gasteiger partial charge on any atom is -0.346 e. The van der Waals surface area contributed by atoms with E-state index in [1.54, 1.807) is 23.5 Å². The lowest BCUT2D eigenvalue weighted by Gasteiger charge is -2.34. The van der Waals surface area contributed by atoms with Gasteiger partial charge in [-0.3, -0.25) is 9.69 Å². The summed E-state index contributed by atoms with van der Waals surface area (Å²) in [5.41, 5.74) is 0. The van der Waals surface area contributed by atoms with E-state index in [2.05, 4.69) is 25.1 Å². The summed E-state index contributed by atoms with van der Waals surface area (Å²) in [6.45, 7) is 3.85. The Morgan fingerprint density at radius 2 is 2.09 bits per heavy atom. The summed E-state index contributed by atoms with van der Waals surface area (Å²) in [5.74, 6) is 0.466. The van der Waals surface area contributed by atoms with Gasteiger partial charge in [-0.25, -0.2) is 9.97 Å². The number of nitrogens with one attached hydrogen (secondary N) is 1. The maximum absolute atomic E-state index is 12.0. The first-order valence-electron chi connectivity index (χ1n) is 6.99. The van der Waals surface area contributed by atoms with Crippen LogP contribution in [0.25, 0.3) is 0 Å². The van der Waals surface area contributed by atoms with Crippen molar-refractivity contribution in [2.24, 2.45) is 0 Å². The molecule has 1 aliphatic rings. The maximum atomic E-state index is 12.0. The van der Waals surface area contributed by atoms with E-state index in [9.17, 15) is 4.79 Å². The molecule has 0 spiro atoms. The Morgan fingerprint density at radius 1 is 1.27 bits per heavy atom. The van der Waals surface area contributed by atoms with E-state index >= 15 is 0 Å². The zero-order valence-corrected chi connectivity index (χ0v) is 13.5. The fourth-order valence-corrected chi connectivity index (χ4v) is 3.11. The zero-order valence-electron chi connectivity index (χ0n) is 11.9. The van der Waals surface area contributed by atoms with Gasteiger partial charge in [0, 0.05) is 44.0 Å². The first-order chi connectivity index (χ1) is 10.7. The van der Waals surface area contributed by atoms with Gasteiger partial charge in [0.1, 0.15) is 5.82 Å². The average molecular weight is 338 g/mol. The number of piperazine rings is 1. The van der Waals surface area contributed by atoms with Gasteiger partial charge >= 0.3 is 0 Å². The molecular formula is C14H16ClN5OS. The molecule has 1 amide bonds. The Morgan fingerprint density at radius 3 is 2.73 bits per heavy atom. The summed E-state index contributed by atoms with van der Waals surface area (Å²) in [4.78, 5) is 24.8. The van der Waals surface area contributed by atoms with Crippen molar-refractivity contribution in [2.75, 3.05) is 42.9 Å².